The molecule has 0 saturated carbocycles. The Bertz CT molecular complexity index is 1640. The molecule has 4 aromatic rings. The lowest BCUT2D eigenvalue weighted by Gasteiger charge is -2.43. The van der Waals surface area contributed by atoms with Gasteiger partial charge in [-0.05, 0) is 29.3 Å². The van der Waals surface area contributed by atoms with Gasteiger partial charge >= 0.3 is 0 Å². The van der Waals surface area contributed by atoms with Crippen molar-refractivity contribution in [2.24, 2.45) is 5.92 Å². The maximum absolute atomic E-state index is 13.1. The predicted molar refractivity (Wildman–Crippen MR) is 181 cm³/mol. The molecule has 12 heteroatoms. The number of imidazole rings is 1. The van der Waals surface area contributed by atoms with Crippen molar-refractivity contribution in [3.8, 4) is 0 Å². The highest BCUT2D eigenvalue weighted by atomic mass is 28.4. The Morgan fingerprint density at radius 2 is 1.67 bits per heavy atom. The standard InChI is InChI=1S/C34H46N6O5Si/c1-22(2)30(42)37-33-36-29-26(31(43)38-33)35-21-40(29)32-28(45-46(6,7)34(3,4)5)27(25(20-41)44-32)39(18-23-14-10-8-11-15-23)19-24-16-12-9-13-17-24/h8-17,21-22,25,27-28,32,41H,18-20H2,1-7H3,(H2,36,37,38,42,43)/t25-,27+,28?,32-/m1/s1. The summed E-state index contributed by atoms with van der Waals surface area (Å²) in [6.45, 7) is 15.4. The van der Waals surface area contributed by atoms with E-state index in [0.717, 1.165) is 11.1 Å². The van der Waals surface area contributed by atoms with Crippen LogP contribution in [-0.4, -0.2) is 68.6 Å². The molecule has 246 valence electrons. The molecule has 1 unspecified atom stereocenters. The van der Waals surface area contributed by atoms with Crippen LogP contribution < -0.4 is 10.9 Å². The number of H-pyrrole nitrogens is 1. The summed E-state index contributed by atoms with van der Waals surface area (Å²) in [5, 5.41) is 13.4. The van der Waals surface area contributed by atoms with E-state index >= 15 is 0 Å². The van der Waals surface area contributed by atoms with Gasteiger partial charge in [0, 0.05) is 19.0 Å². The zero-order valence-corrected chi connectivity index (χ0v) is 28.7. The molecule has 0 bridgehead atoms. The number of carbonyl (C=O) groups is 1. The van der Waals surface area contributed by atoms with Gasteiger partial charge in [0.05, 0.1) is 19.0 Å². The summed E-state index contributed by atoms with van der Waals surface area (Å²) in [5.74, 6) is -0.553. The summed E-state index contributed by atoms with van der Waals surface area (Å²) in [6.07, 6.45) is -0.411. The van der Waals surface area contributed by atoms with Crippen molar-refractivity contribution in [2.45, 2.75) is 90.3 Å². The largest absolute Gasteiger partial charge is 0.408 e. The minimum Gasteiger partial charge on any atom is -0.408 e. The second-order valence-corrected chi connectivity index (χ2v) is 18.6. The van der Waals surface area contributed by atoms with E-state index in [1.807, 2.05) is 36.4 Å². The lowest BCUT2D eigenvalue weighted by Crippen LogP contribution is -2.54. The molecule has 2 aromatic carbocycles. The second kappa shape index (κ2) is 13.6. The average Bonchev–Trinajstić information content (AvgIpc) is 3.58. The molecule has 0 aliphatic carbocycles. The number of aliphatic hydroxyl groups excluding tert-OH is 1. The van der Waals surface area contributed by atoms with Gasteiger partial charge in [0.15, 0.2) is 25.7 Å². The van der Waals surface area contributed by atoms with Crippen LogP contribution in [-0.2, 0) is 27.0 Å². The number of ether oxygens (including phenoxy) is 1. The molecule has 1 fully saturated rings. The van der Waals surface area contributed by atoms with Gasteiger partial charge in [0.25, 0.3) is 5.56 Å². The molecule has 4 atom stereocenters. The van der Waals surface area contributed by atoms with Crippen LogP contribution in [0, 0.1) is 5.92 Å². The molecule has 1 amide bonds. The van der Waals surface area contributed by atoms with E-state index in [1.54, 1.807) is 18.4 Å². The van der Waals surface area contributed by atoms with Gasteiger partial charge < -0.3 is 14.3 Å². The summed E-state index contributed by atoms with van der Waals surface area (Å²) >= 11 is 0. The Morgan fingerprint density at radius 3 is 2.20 bits per heavy atom. The predicted octanol–water partition coefficient (Wildman–Crippen LogP) is 5.07. The fourth-order valence-electron chi connectivity index (χ4n) is 5.52. The van der Waals surface area contributed by atoms with Gasteiger partial charge in [-0.2, -0.15) is 4.98 Å². The van der Waals surface area contributed by atoms with Gasteiger partial charge in [-0.3, -0.25) is 29.4 Å². The van der Waals surface area contributed by atoms with Gasteiger partial charge in [-0.1, -0.05) is 95.3 Å². The monoisotopic (exact) mass is 646 g/mol. The fraction of sp³-hybridized carbons (Fsp3) is 0.471. The van der Waals surface area contributed by atoms with Crippen LogP contribution in [0.15, 0.2) is 71.8 Å². The van der Waals surface area contributed by atoms with Crippen LogP contribution in [0.4, 0.5) is 5.95 Å². The zero-order chi connectivity index (χ0) is 33.2. The number of rotatable bonds is 11. The Labute approximate surface area is 271 Å². The average molecular weight is 647 g/mol. The number of benzene rings is 2. The third-order valence-electron chi connectivity index (χ3n) is 9.08. The molecule has 1 aliphatic heterocycles. The third-order valence-corrected chi connectivity index (χ3v) is 13.6. The number of amides is 1. The Kier molecular flexibility index (Phi) is 9.94. The van der Waals surface area contributed by atoms with Crippen LogP contribution in [0.5, 0.6) is 0 Å². The number of aliphatic hydroxyl groups is 1. The smallest absolute Gasteiger partial charge is 0.280 e. The SMILES string of the molecule is CC(C)C(=O)Nc1nc2c(ncn2[C@@H]2O[C@H](CO)[C@H](N(Cc3ccccc3)Cc3ccccc3)C2O[Si](C)(C)C(C)(C)C)c(=O)[nH]1. The molecule has 5 rings (SSSR count). The number of nitrogens with one attached hydrogen (secondary N) is 2. The van der Waals surface area contributed by atoms with Gasteiger partial charge in [-0.25, -0.2) is 4.98 Å². The summed E-state index contributed by atoms with van der Waals surface area (Å²) in [6, 6.07) is 20.1. The van der Waals surface area contributed by atoms with Crippen molar-refractivity contribution in [2.75, 3.05) is 11.9 Å². The maximum atomic E-state index is 13.1. The van der Waals surface area contributed by atoms with E-state index < -0.39 is 32.3 Å². The normalized spacial score (nSPS) is 20.6. The Hall–Kier alpha value is -3.68. The highest BCUT2D eigenvalue weighted by molar-refractivity contribution is 6.74. The number of hydrogen-bond donors (Lipinski definition) is 3. The van der Waals surface area contributed by atoms with E-state index in [9.17, 15) is 14.7 Å². The molecule has 46 heavy (non-hydrogen) atoms. The first-order chi connectivity index (χ1) is 21.8. The first kappa shape index (κ1) is 33.7. The number of anilines is 1. The van der Waals surface area contributed by atoms with Crippen LogP contribution in [0.2, 0.25) is 18.1 Å². The van der Waals surface area contributed by atoms with Crippen molar-refractivity contribution in [3.05, 3.63) is 88.5 Å². The molecule has 1 aliphatic rings. The molecule has 3 heterocycles. The van der Waals surface area contributed by atoms with Crippen molar-refractivity contribution in [1.29, 1.82) is 0 Å². The maximum Gasteiger partial charge on any atom is 0.280 e. The van der Waals surface area contributed by atoms with E-state index in [-0.39, 0.29) is 46.6 Å². The van der Waals surface area contributed by atoms with Crippen molar-refractivity contribution >= 4 is 31.3 Å². The molecular weight excluding hydrogens is 600 g/mol. The van der Waals surface area contributed by atoms with Crippen LogP contribution in [0.1, 0.15) is 52.0 Å². The van der Waals surface area contributed by atoms with E-state index in [0.29, 0.717) is 13.1 Å². The number of nitrogens with zero attached hydrogens (tertiary/aromatic N) is 4. The lowest BCUT2D eigenvalue weighted by atomic mass is 10.0. The van der Waals surface area contributed by atoms with Gasteiger partial charge in [-0.15, -0.1) is 0 Å². The van der Waals surface area contributed by atoms with Crippen molar-refractivity contribution < 1.29 is 19.1 Å². The number of fused-ring (bicyclic) bond motifs is 1. The zero-order valence-electron chi connectivity index (χ0n) is 27.7. The first-order valence-corrected chi connectivity index (χ1v) is 18.7. The lowest BCUT2D eigenvalue weighted by molar-refractivity contribution is -0.118. The minimum atomic E-state index is -2.43. The van der Waals surface area contributed by atoms with Crippen LogP contribution in [0.25, 0.3) is 11.2 Å². The summed E-state index contributed by atoms with van der Waals surface area (Å²) in [4.78, 5) is 39.5. The highest BCUT2D eigenvalue weighted by Gasteiger charge is 2.53. The Morgan fingerprint density at radius 1 is 1.09 bits per heavy atom. The molecule has 11 nitrogen and oxygen atoms in total. The molecule has 3 N–H and O–H groups in total. The van der Waals surface area contributed by atoms with E-state index in [4.69, 9.17) is 9.16 Å². The second-order valence-electron chi connectivity index (χ2n) is 13.8. The van der Waals surface area contributed by atoms with Crippen molar-refractivity contribution in [1.82, 2.24) is 24.4 Å². The molecule has 0 radical (unpaired) electrons. The number of aromatic nitrogens is 4. The van der Waals surface area contributed by atoms with Crippen LogP contribution >= 0.6 is 0 Å². The molecule has 0 spiro atoms. The third kappa shape index (κ3) is 7.16. The molecular formula is C34H46N6O5Si. The summed E-state index contributed by atoms with van der Waals surface area (Å²) in [5.41, 5.74) is 2.14. The summed E-state index contributed by atoms with van der Waals surface area (Å²) < 4.78 is 15.6. The topological polar surface area (TPSA) is 135 Å². The minimum absolute atomic E-state index is 0.0304. The van der Waals surface area contributed by atoms with E-state index in [2.05, 4.69) is 83.3 Å². The molecule has 2 aromatic heterocycles. The Balaban J connectivity index is 1.63. The number of aromatic amines is 1. The molecule has 1 saturated heterocycles. The van der Waals surface area contributed by atoms with Crippen molar-refractivity contribution in [3.63, 3.8) is 0 Å². The highest BCUT2D eigenvalue weighted by Crippen LogP contribution is 2.44. The number of hydrogen-bond acceptors (Lipinski definition) is 8. The summed E-state index contributed by atoms with van der Waals surface area (Å²) in [7, 11) is -2.43. The number of carbonyl (C=O) groups excluding carboxylic acids is 1. The van der Waals surface area contributed by atoms with Gasteiger partial charge in [0.2, 0.25) is 11.9 Å². The van der Waals surface area contributed by atoms with E-state index in [1.165, 1.54) is 6.33 Å². The fourth-order valence-corrected chi connectivity index (χ4v) is 6.80. The quantitative estimate of drug-likeness (QED) is 0.193. The van der Waals surface area contributed by atoms with Crippen LogP contribution in [0.3, 0.4) is 0 Å². The van der Waals surface area contributed by atoms with Gasteiger partial charge in [0.1, 0.15) is 12.2 Å². The first-order valence-electron chi connectivity index (χ1n) is 15.8.